The topological polar surface area (TPSA) is 82.9 Å². The van der Waals surface area contributed by atoms with Crippen LogP contribution in [0, 0.1) is 11.3 Å². The number of halogens is 1. The number of aromatic nitrogens is 1. The molecule has 110 valence electrons. The lowest BCUT2D eigenvalue weighted by atomic mass is 10.1. The zero-order valence-electron chi connectivity index (χ0n) is 11.1. The van der Waals surface area contributed by atoms with E-state index >= 15 is 0 Å². The summed E-state index contributed by atoms with van der Waals surface area (Å²) in [6, 6.07) is 6.96. The molecule has 3 N–H and O–H groups in total. The third-order valence-corrected chi connectivity index (χ3v) is 5.09. The van der Waals surface area contributed by atoms with E-state index in [2.05, 4.69) is 11.1 Å². The lowest BCUT2D eigenvalue weighted by Crippen LogP contribution is -2.28. The Balaban J connectivity index is 1.90. The van der Waals surface area contributed by atoms with Crippen LogP contribution in [0.3, 0.4) is 0 Å². The summed E-state index contributed by atoms with van der Waals surface area (Å²) in [5, 5.41) is 19.7. The Kier molecular flexibility index (Phi) is 6.03. The number of rotatable bonds is 6. The molecule has 0 fully saturated rings. The molecule has 0 amide bonds. The molecule has 0 bridgehead atoms. The van der Waals surface area contributed by atoms with Crippen LogP contribution in [0.2, 0.25) is 5.02 Å². The fourth-order valence-electron chi connectivity index (χ4n) is 1.75. The molecular formula is C14H14ClN3OS2. The summed E-state index contributed by atoms with van der Waals surface area (Å²) in [5.74, 6) is 0.700. The first kappa shape index (κ1) is 16.3. The summed E-state index contributed by atoms with van der Waals surface area (Å²) >= 11 is 8.85. The van der Waals surface area contributed by atoms with Crippen molar-refractivity contribution in [2.75, 3.05) is 5.75 Å². The molecule has 0 aliphatic rings. The molecule has 7 heteroatoms. The van der Waals surface area contributed by atoms with Crippen LogP contribution in [-0.2, 0) is 0 Å². The summed E-state index contributed by atoms with van der Waals surface area (Å²) in [5.41, 5.74) is 8.27. The Morgan fingerprint density at radius 2 is 2.33 bits per heavy atom. The van der Waals surface area contributed by atoms with Crippen molar-refractivity contribution in [3.63, 3.8) is 0 Å². The molecule has 4 nitrogen and oxygen atoms in total. The monoisotopic (exact) mass is 339 g/mol. The minimum Gasteiger partial charge on any atom is -0.386 e. The maximum Gasteiger partial charge on any atom is 0.105 e. The van der Waals surface area contributed by atoms with E-state index in [1.807, 2.05) is 0 Å². The summed E-state index contributed by atoms with van der Waals surface area (Å²) in [6.45, 7) is 0. The highest BCUT2D eigenvalue weighted by atomic mass is 35.5. The van der Waals surface area contributed by atoms with Crippen LogP contribution in [0.15, 0.2) is 34.8 Å². The number of thiazole rings is 1. The van der Waals surface area contributed by atoms with E-state index in [9.17, 15) is 5.11 Å². The van der Waals surface area contributed by atoms with Crippen LogP contribution >= 0.6 is 34.7 Å². The number of aliphatic hydroxyl groups is 1. The maximum absolute atomic E-state index is 10.1. The van der Waals surface area contributed by atoms with Gasteiger partial charge in [-0.15, -0.1) is 23.1 Å². The van der Waals surface area contributed by atoms with Crippen LogP contribution in [0.5, 0.6) is 0 Å². The first-order chi connectivity index (χ1) is 10.1. The Bertz CT molecular complexity index is 628. The van der Waals surface area contributed by atoms with Gasteiger partial charge >= 0.3 is 0 Å². The first-order valence-corrected chi connectivity index (χ1v) is 8.50. The minimum atomic E-state index is -0.701. The number of benzene rings is 1. The van der Waals surface area contributed by atoms with E-state index in [-0.39, 0.29) is 6.04 Å². The van der Waals surface area contributed by atoms with Gasteiger partial charge in [-0.25, -0.2) is 0 Å². The predicted molar refractivity (Wildman–Crippen MR) is 86.6 cm³/mol. The van der Waals surface area contributed by atoms with Gasteiger partial charge in [0.05, 0.1) is 16.0 Å². The number of aliphatic hydroxyl groups excluding tert-OH is 1. The smallest absolute Gasteiger partial charge is 0.105 e. The first-order valence-electron chi connectivity index (χ1n) is 6.26. The summed E-state index contributed by atoms with van der Waals surface area (Å²) in [4.78, 5) is 5.54. The molecule has 0 spiro atoms. The molecule has 1 aromatic heterocycles. The van der Waals surface area contributed by atoms with Gasteiger partial charge < -0.3 is 10.8 Å². The summed E-state index contributed by atoms with van der Waals surface area (Å²) in [7, 11) is 0. The molecule has 0 aliphatic heterocycles. The third-order valence-electron chi connectivity index (χ3n) is 2.92. The van der Waals surface area contributed by atoms with Crippen molar-refractivity contribution in [1.82, 2.24) is 4.98 Å². The standard InChI is InChI=1S/C14H14ClN3OS2/c15-10-2-1-9(6-16)12(5-10)20-4-3-11(17)14(19)13-7-18-8-21-13/h1-2,5,7-8,11,14,19H,3-4,17H2/t11-,14?/m0/s1. The Hall–Kier alpha value is -1.10. The minimum absolute atomic E-state index is 0.359. The van der Waals surface area contributed by atoms with Crippen molar-refractivity contribution in [3.05, 3.63) is 45.4 Å². The fourth-order valence-corrected chi connectivity index (χ4v) is 3.76. The predicted octanol–water partition coefficient (Wildman–Crippen LogP) is 3.21. The molecule has 1 heterocycles. The van der Waals surface area contributed by atoms with Gasteiger partial charge in [0.1, 0.15) is 12.2 Å². The van der Waals surface area contributed by atoms with Crippen LogP contribution in [0.4, 0.5) is 0 Å². The molecule has 21 heavy (non-hydrogen) atoms. The zero-order chi connectivity index (χ0) is 15.2. The Morgan fingerprint density at radius 1 is 1.52 bits per heavy atom. The molecule has 1 unspecified atom stereocenters. The average Bonchev–Trinajstić information content (AvgIpc) is 3.00. The highest BCUT2D eigenvalue weighted by Crippen LogP contribution is 2.28. The Morgan fingerprint density at radius 3 is 3.00 bits per heavy atom. The van der Waals surface area contributed by atoms with Crippen LogP contribution in [-0.4, -0.2) is 21.9 Å². The maximum atomic E-state index is 10.1. The van der Waals surface area contributed by atoms with E-state index < -0.39 is 6.10 Å². The zero-order valence-corrected chi connectivity index (χ0v) is 13.5. The van der Waals surface area contributed by atoms with Gasteiger partial charge in [0.25, 0.3) is 0 Å². The number of nitrogens with zero attached hydrogens (tertiary/aromatic N) is 2. The number of hydrogen-bond acceptors (Lipinski definition) is 6. The molecular weight excluding hydrogens is 326 g/mol. The van der Waals surface area contributed by atoms with Gasteiger partial charge in [-0.2, -0.15) is 5.26 Å². The van der Waals surface area contributed by atoms with Crippen LogP contribution in [0.25, 0.3) is 0 Å². The highest BCUT2D eigenvalue weighted by Gasteiger charge is 2.18. The third kappa shape index (κ3) is 4.43. The lowest BCUT2D eigenvalue weighted by molar-refractivity contribution is 0.148. The Labute approximate surface area is 136 Å². The second kappa shape index (κ2) is 7.78. The van der Waals surface area contributed by atoms with E-state index in [1.54, 1.807) is 29.9 Å². The average molecular weight is 340 g/mol. The molecule has 0 saturated heterocycles. The van der Waals surface area contributed by atoms with Crippen molar-refractivity contribution in [3.8, 4) is 6.07 Å². The SMILES string of the molecule is N#Cc1ccc(Cl)cc1SCC[C@H](N)C(O)c1cncs1. The van der Waals surface area contributed by atoms with Crippen molar-refractivity contribution < 1.29 is 5.11 Å². The van der Waals surface area contributed by atoms with Crippen molar-refractivity contribution in [2.45, 2.75) is 23.5 Å². The van der Waals surface area contributed by atoms with Crippen LogP contribution in [0.1, 0.15) is 23.0 Å². The van der Waals surface area contributed by atoms with Gasteiger partial charge in [0.2, 0.25) is 0 Å². The number of thioether (sulfide) groups is 1. The molecule has 1 aromatic carbocycles. The fraction of sp³-hybridized carbons (Fsp3) is 0.286. The highest BCUT2D eigenvalue weighted by molar-refractivity contribution is 7.99. The number of nitriles is 1. The van der Waals surface area contributed by atoms with Crippen LogP contribution < -0.4 is 5.73 Å². The van der Waals surface area contributed by atoms with E-state index in [4.69, 9.17) is 22.6 Å². The van der Waals surface area contributed by atoms with Gasteiger partial charge in [0.15, 0.2) is 0 Å². The molecule has 2 rings (SSSR count). The number of nitrogens with two attached hydrogens (primary N) is 1. The van der Waals surface area contributed by atoms with Gasteiger partial charge in [0, 0.05) is 22.2 Å². The van der Waals surface area contributed by atoms with Crippen molar-refractivity contribution in [1.29, 1.82) is 5.26 Å². The van der Waals surface area contributed by atoms with Gasteiger partial charge in [-0.05, 0) is 30.4 Å². The second-order valence-electron chi connectivity index (χ2n) is 4.40. The van der Waals surface area contributed by atoms with E-state index in [0.29, 0.717) is 22.8 Å². The van der Waals surface area contributed by atoms with Gasteiger partial charge in [-0.1, -0.05) is 11.6 Å². The molecule has 2 atom stereocenters. The number of hydrogen-bond donors (Lipinski definition) is 2. The van der Waals surface area contributed by atoms with E-state index in [1.165, 1.54) is 23.1 Å². The molecule has 0 radical (unpaired) electrons. The quantitative estimate of drug-likeness (QED) is 0.789. The molecule has 0 aliphatic carbocycles. The lowest BCUT2D eigenvalue weighted by Gasteiger charge is -2.17. The molecule has 0 saturated carbocycles. The van der Waals surface area contributed by atoms with Gasteiger partial charge in [-0.3, -0.25) is 4.98 Å². The largest absolute Gasteiger partial charge is 0.386 e. The summed E-state index contributed by atoms with van der Waals surface area (Å²) < 4.78 is 0. The summed E-state index contributed by atoms with van der Waals surface area (Å²) in [6.07, 6.45) is 1.56. The van der Waals surface area contributed by atoms with Crippen molar-refractivity contribution >= 4 is 34.7 Å². The molecule has 2 aromatic rings. The second-order valence-corrected chi connectivity index (χ2v) is 6.89. The van der Waals surface area contributed by atoms with E-state index in [0.717, 1.165) is 9.77 Å². The van der Waals surface area contributed by atoms with Crippen molar-refractivity contribution in [2.24, 2.45) is 5.73 Å². The normalized spacial score (nSPS) is 13.6.